The molecule has 3 aliphatic rings. The van der Waals surface area contributed by atoms with E-state index in [1.54, 1.807) is 4.90 Å². The molecular formula is C16H27FN2O. The van der Waals surface area contributed by atoms with Crippen LogP contribution in [0.2, 0.25) is 0 Å². The standard InChI is InChI=1S/C16H27FN2O/c1-18-10-3-2-5-14(18)13-6-11-19(12-7-13)15(20)16(17)8-4-9-16/h13-14H,2-12H2,1H3. The molecule has 0 aromatic heterocycles. The summed E-state index contributed by atoms with van der Waals surface area (Å²) < 4.78 is 14.2. The molecule has 0 bridgehead atoms. The first-order chi connectivity index (χ1) is 9.60. The van der Waals surface area contributed by atoms with Gasteiger partial charge in [0.1, 0.15) is 0 Å². The van der Waals surface area contributed by atoms with Gasteiger partial charge in [0.15, 0.2) is 5.67 Å². The molecule has 0 spiro atoms. The fourth-order valence-corrected chi connectivity index (χ4v) is 4.17. The van der Waals surface area contributed by atoms with Crippen molar-refractivity contribution in [2.45, 2.75) is 63.1 Å². The summed E-state index contributed by atoms with van der Waals surface area (Å²) in [5, 5.41) is 0. The molecule has 1 amide bonds. The van der Waals surface area contributed by atoms with Crippen molar-refractivity contribution in [1.82, 2.24) is 9.80 Å². The van der Waals surface area contributed by atoms with Crippen LogP contribution in [-0.2, 0) is 4.79 Å². The monoisotopic (exact) mass is 282 g/mol. The lowest BCUT2D eigenvalue weighted by Gasteiger charge is -2.44. The Morgan fingerprint density at radius 1 is 1.05 bits per heavy atom. The van der Waals surface area contributed by atoms with Gasteiger partial charge in [-0.05, 0) is 64.5 Å². The van der Waals surface area contributed by atoms with E-state index in [1.165, 1.54) is 25.8 Å². The third-order valence-corrected chi connectivity index (χ3v) is 5.73. The zero-order chi connectivity index (χ0) is 14.2. The van der Waals surface area contributed by atoms with E-state index in [0.717, 1.165) is 32.4 Å². The zero-order valence-corrected chi connectivity index (χ0v) is 12.6. The number of piperidine rings is 2. The van der Waals surface area contributed by atoms with Gasteiger partial charge >= 0.3 is 0 Å². The minimum absolute atomic E-state index is 0.223. The lowest BCUT2D eigenvalue weighted by molar-refractivity contribution is -0.151. The highest BCUT2D eigenvalue weighted by molar-refractivity contribution is 5.86. The van der Waals surface area contributed by atoms with Crippen LogP contribution in [0.25, 0.3) is 0 Å². The number of carbonyl (C=O) groups excluding carboxylic acids is 1. The highest BCUT2D eigenvalue weighted by Gasteiger charge is 2.47. The van der Waals surface area contributed by atoms with Crippen molar-refractivity contribution in [3.05, 3.63) is 0 Å². The Labute approximate surface area is 121 Å². The molecule has 2 saturated heterocycles. The second-order valence-electron chi connectivity index (χ2n) is 6.99. The van der Waals surface area contributed by atoms with Crippen LogP contribution < -0.4 is 0 Å². The lowest BCUT2D eigenvalue weighted by atomic mass is 9.79. The number of hydrogen-bond donors (Lipinski definition) is 0. The Kier molecular flexibility index (Phi) is 4.02. The quantitative estimate of drug-likeness (QED) is 0.777. The molecule has 3 fully saturated rings. The topological polar surface area (TPSA) is 23.6 Å². The van der Waals surface area contributed by atoms with Crippen molar-refractivity contribution >= 4 is 5.91 Å². The van der Waals surface area contributed by atoms with Gasteiger partial charge in [-0.2, -0.15) is 0 Å². The molecule has 3 nitrogen and oxygen atoms in total. The molecule has 2 aliphatic heterocycles. The molecule has 2 heterocycles. The zero-order valence-electron chi connectivity index (χ0n) is 12.6. The van der Waals surface area contributed by atoms with Gasteiger partial charge in [0.25, 0.3) is 5.91 Å². The van der Waals surface area contributed by atoms with Crippen molar-refractivity contribution in [1.29, 1.82) is 0 Å². The van der Waals surface area contributed by atoms with Crippen molar-refractivity contribution < 1.29 is 9.18 Å². The molecule has 1 atom stereocenters. The van der Waals surface area contributed by atoms with E-state index in [1.807, 2.05) is 0 Å². The Hall–Kier alpha value is -0.640. The van der Waals surface area contributed by atoms with E-state index in [0.29, 0.717) is 24.8 Å². The highest BCUT2D eigenvalue weighted by atomic mass is 19.1. The average Bonchev–Trinajstić information content (AvgIpc) is 2.45. The number of amides is 1. The van der Waals surface area contributed by atoms with Crippen molar-refractivity contribution in [2.24, 2.45) is 5.92 Å². The summed E-state index contributed by atoms with van der Waals surface area (Å²) in [7, 11) is 2.23. The summed E-state index contributed by atoms with van der Waals surface area (Å²) in [6.07, 6.45) is 7.80. The van der Waals surface area contributed by atoms with Crippen LogP contribution in [-0.4, -0.2) is 54.1 Å². The number of alkyl halides is 1. The molecular weight excluding hydrogens is 255 g/mol. The van der Waals surface area contributed by atoms with E-state index >= 15 is 0 Å². The van der Waals surface area contributed by atoms with Crippen LogP contribution in [0.15, 0.2) is 0 Å². The van der Waals surface area contributed by atoms with E-state index in [2.05, 4.69) is 11.9 Å². The van der Waals surface area contributed by atoms with Crippen LogP contribution in [0, 0.1) is 5.92 Å². The highest BCUT2D eigenvalue weighted by Crippen LogP contribution is 2.39. The number of likely N-dealkylation sites (tertiary alicyclic amines) is 2. The summed E-state index contributed by atoms with van der Waals surface area (Å²) in [5.74, 6) is 0.473. The van der Waals surface area contributed by atoms with E-state index in [-0.39, 0.29) is 5.91 Å². The van der Waals surface area contributed by atoms with Gasteiger partial charge in [-0.1, -0.05) is 6.42 Å². The molecule has 0 aromatic rings. The van der Waals surface area contributed by atoms with Gasteiger partial charge in [0.05, 0.1) is 0 Å². The minimum atomic E-state index is -1.51. The van der Waals surface area contributed by atoms with Gasteiger partial charge in [-0.3, -0.25) is 4.79 Å². The second kappa shape index (κ2) is 5.63. The summed E-state index contributed by atoms with van der Waals surface area (Å²) in [6.45, 7) is 2.73. The fourth-order valence-electron chi connectivity index (χ4n) is 4.17. The van der Waals surface area contributed by atoms with Crippen LogP contribution in [0.1, 0.15) is 51.4 Å². The van der Waals surface area contributed by atoms with Crippen molar-refractivity contribution in [2.75, 3.05) is 26.7 Å². The molecule has 20 heavy (non-hydrogen) atoms. The second-order valence-corrected chi connectivity index (χ2v) is 6.99. The molecule has 1 aliphatic carbocycles. The molecule has 0 radical (unpaired) electrons. The SMILES string of the molecule is CN1CCCCC1C1CCN(C(=O)C2(F)CCC2)CC1. The van der Waals surface area contributed by atoms with Crippen LogP contribution >= 0.6 is 0 Å². The average molecular weight is 282 g/mol. The maximum atomic E-state index is 14.2. The normalized spacial score (nSPS) is 31.9. The number of nitrogens with zero attached hydrogens (tertiary/aromatic N) is 2. The van der Waals surface area contributed by atoms with Gasteiger partial charge in [-0.15, -0.1) is 0 Å². The summed E-state index contributed by atoms with van der Waals surface area (Å²) in [5.41, 5.74) is -1.51. The number of rotatable bonds is 2. The van der Waals surface area contributed by atoms with E-state index in [9.17, 15) is 9.18 Å². The molecule has 1 unspecified atom stereocenters. The van der Waals surface area contributed by atoms with Crippen molar-refractivity contribution in [3.8, 4) is 0 Å². The third kappa shape index (κ3) is 2.59. The molecule has 1 saturated carbocycles. The number of hydrogen-bond acceptors (Lipinski definition) is 2. The Bertz CT molecular complexity index is 361. The molecule has 0 N–H and O–H groups in total. The number of carbonyl (C=O) groups is 1. The maximum absolute atomic E-state index is 14.2. The van der Waals surface area contributed by atoms with E-state index < -0.39 is 5.67 Å². The van der Waals surface area contributed by atoms with Crippen LogP contribution in [0.4, 0.5) is 4.39 Å². The molecule has 114 valence electrons. The van der Waals surface area contributed by atoms with Crippen LogP contribution in [0.3, 0.4) is 0 Å². The largest absolute Gasteiger partial charge is 0.340 e. The first-order valence-corrected chi connectivity index (χ1v) is 8.29. The molecule has 4 heteroatoms. The Morgan fingerprint density at radius 3 is 2.30 bits per heavy atom. The summed E-state index contributed by atoms with van der Waals surface area (Å²) >= 11 is 0. The maximum Gasteiger partial charge on any atom is 0.260 e. The smallest absolute Gasteiger partial charge is 0.260 e. The molecule has 3 rings (SSSR count). The van der Waals surface area contributed by atoms with E-state index in [4.69, 9.17) is 0 Å². The fraction of sp³-hybridized carbons (Fsp3) is 0.938. The third-order valence-electron chi connectivity index (χ3n) is 5.73. The van der Waals surface area contributed by atoms with Gasteiger partial charge < -0.3 is 9.80 Å². The number of halogens is 1. The predicted octanol–water partition coefficient (Wildman–Crippen LogP) is 2.60. The summed E-state index contributed by atoms with van der Waals surface area (Å²) in [6, 6.07) is 0.684. The molecule has 0 aromatic carbocycles. The first kappa shape index (κ1) is 14.3. The Morgan fingerprint density at radius 2 is 1.75 bits per heavy atom. The van der Waals surface area contributed by atoms with Crippen LogP contribution in [0.5, 0.6) is 0 Å². The van der Waals surface area contributed by atoms with Gasteiger partial charge in [0.2, 0.25) is 0 Å². The first-order valence-electron chi connectivity index (χ1n) is 8.29. The minimum Gasteiger partial charge on any atom is -0.340 e. The lowest BCUT2D eigenvalue weighted by Crippen LogP contribution is -2.54. The Balaban J connectivity index is 1.52. The van der Waals surface area contributed by atoms with Gasteiger partial charge in [-0.25, -0.2) is 4.39 Å². The van der Waals surface area contributed by atoms with Gasteiger partial charge in [0, 0.05) is 19.1 Å². The summed E-state index contributed by atoms with van der Waals surface area (Å²) in [4.78, 5) is 16.5. The predicted molar refractivity (Wildman–Crippen MR) is 77.3 cm³/mol. The van der Waals surface area contributed by atoms with Crippen molar-refractivity contribution in [3.63, 3.8) is 0 Å².